The van der Waals surface area contributed by atoms with Crippen LogP contribution in [0.25, 0.3) is 0 Å². The molecule has 0 radical (unpaired) electrons. The first kappa shape index (κ1) is 22.0. The Kier molecular flexibility index (Phi) is 6.88. The molecule has 0 bridgehead atoms. The molecule has 0 spiro atoms. The maximum absolute atomic E-state index is 6.47. The highest BCUT2D eigenvalue weighted by Crippen LogP contribution is 2.46. The Balaban J connectivity index is 1.31. The van der Waals surface area contributed by atoms with Crippen molar-refractivity contribution >= 4 is 11.6 Å². The Bertz CT molecular complexity index is 931. The van der Waals surface area contributed by atoms with Crippen LogP contribution in [0.5, 0.6) is 11.5 Å². The highest BCUT2D eigenvalue weighted by molar-refractivity contribution is 6.32. The molecule has 2 atom stereocenters. The minimum atomic E-state index is 0.318. The van der Waals surface area contributed by atoms with E-state index in [1.165, 1.54) is 29.5 Å². The summed E-state index contributed by atoms with van der Waals surface area (Å²) in [5.41, 5.74) is 4.09. The Hall–Kier alpha value is -1.79. The number of ether oxygens (including phenoxy) is 3. The fourth-order valence-electron chi connectivity index (χ4n) is 5.47. The van der Waals surface area contributed by atoms with Gasteiger partial charge in [-0.05, 0) is 66.8 Å². The van der Waals surface area contributed by atoms with Gasteiger partial charge in [0.05, 0.1) is 32.0 Å². The number of methoxy groups -OCH3 is 1. The monoisotopic (exact) mass is 456 g/mol. The normalized spacial score (nSPS) is 23.6. The number of rotatable bonds is 7. The van der Waals surface area contributed by atoms with Crippen LogP contribution in [0, 0.1) is 0 Å². The molecule has 0 saturated carbocycles. The number of morpholine rings is 1. The van der Waals surface area contributed by atoms with E-state index in [9.17, 15) is 0 Å². The molecule has 2 aromatic rings. The van der Waals surface area contributed by atoms with Gasteiger partial charge in [0.2, 0.25) is 0 Å². The van der Waals surface area contributed by atoms with Gasteiger partial charge in [-0.2, -0.15) is 0 Å². The molecule has 5 rings (SSSR count). The first-order chi connectivity index (χ1) is 15.7. The largest absolute Gasteiger partial charge is 0.495 e. The number of benzene rings is 2. The van der Waals surface area contributed by atoms with Crippen molar-refractivity contribution in [2.75, 3.05) is 59.7 Å². The molecule has 3 heterocycles. The van der Waals surface area contributed by atoms with Crippen LogP contribution >= 0.6 is 11.6 Å². The second kappa shape index (κ2) is 10.0. The van der Waals surface area contributed by atoms with Crippen molar-refractivity contribution in [2.45, 2.75) is 31.2 Å². The highest BCUT2D eigenvalue weighted by Gasteiger charge is 2.36. The van der Waals surface area contributed by atoms with Gasteiger partial charge in [-0.3, -0.25) is 9.80 Å². The second-order valence-corrected chi connectivity index (χ2v) is 9.45. The van der Waals surface area contributed by atoms with Crippen LogP contribution in [-0.2, 0) is 4.74 Å². The van der Waals surface area contributed by atoms with Crippen LogP contribution < -0.4 is 9.47 Å². The van der Waals surface area contributed by atoms with E-state index >= 15 is 0 Å². The van der Waals surface area contributed by atoms with E-state index in [1.807, 2.05) is 6.07 Å². The first-order valence-electron chi connectivity index (χ1n) is 11.9. The predicted molar refractivity (Wildman–Crippen MR) is 127 cm³/mol. The van der Waals surface area contributed by atoms with Crippen LogP contribution in [0.15, 0.2) is 36.4 Å². The molecular weight excluding hydrogens is 424 g/mol. The van der Waals surface area contributed by atoms with Crippen molar-refractivity contribution in [3.05, 3.63) is 58.1 Å². The van der Waals surface area contributed by atoms with Gasteiger partial charge in [0.1, 0.15) is 11.5 Å². The average Bonchev–Trinajstić information content (AvgIpc) is 3.31. The third-order valence-electron chi connectivity index (χ3n) is 7.14. The molecule has 0 unspecified atom stereocenters. The van der Waals surface area contributed by atoms with Crippen LogP contribution in [0.1, 0.15) is 47.9 Å². The van der Waals surface area contributed by atoms with Gasteiger partial charge in [0, 0.05) is 38.1 Å². The molecule has 3 aliphatic heterocycles. The van der Waals surface area contributed by atoms with Crippen molar-refractivity contribution in [3.63, 3.8) is 0 Å². The molecule has 2 fully saturated rings. The maximum atomic E-state index is 6.47. The number of hydrogen-bond donors (Lipinski definition) is 0. The summed E-state index contributed by atoms with van der Waals surface area (Å²) >= 11 is 6.47. The lowest BCUT2D eigenvalue weighted by atomic mass is 9.81. The van der Waals surface area contributed by atoms with Gasteiger partial charge in [0.15, 0.2) is 0 Å². The summed E-state index contributed by atoms with van der Waals surface area (Å²) in [5, 5.41) is 0.676. The summed E-state index contributed by atoms with van der Waals surface area (Å²) in [6.45, 7) is 7.80. The smallest absolute Gasteiger partial charge is 0.137 e. The lowest BCUT2D eigenvalue weighted by Gasteiger charge is -2.38. The van der Waals surface area contributed by atoms with Gasteiger partial charge in [-0.25, -0.2) is 0 Å². The molecule has 172 valence electrons. The van der Waals surface area contributed by atoms with Crippen molar-refractivity contribution in [1.82, 2.24) is 9.80 Å². The third-order valence-corrected chi connectivity index (χ3v) is 7.44. The average molecular weight is 457 g/mol. The summed E-state index contributed by atoms with van der Waals surface area (Å²) in [6.07, 6.45) is 3.52. The fourth-order valence-corrected chi connectivity index (χ4v) is 5.73. The van der Waals surface area contributed by atoms with Crippen molar-refractivity contribution in [1.29, 1.82) is 0 Å². The minimum Gasteiger partial charge on any atom is -0.495 e. The standard InChI is InChI=1S/C26H33ClN2O3/c1-30-26-8-5-19(16-24(26)27)23-18-29-10-2-4-25(29)22-17-20(6-7-21(22)23)32-13-3-9-28-11-14-31-15-12-28/h5-8,16-17,23,25H,2-4,9-15,18H2,1H3/t23-,25-/m0/s1. The zero-order chi connectivity index (χ0) is 21.9. The van der Waals surface area contributed by atoms with E-state index in [4.69, 9.17) is 25.8 Å². The lowest BCUT2D eigenvalue weighted by molar-refractivity contribution is 0.0358. The zero-order valence-corrected chi connectivity index (χ0v) is 19.7. The topological polar surface area (TPSA) is 34.2 Å². The quantitative estimate of drug-likeness (QED) is 0.562. The van der Waals surface area contributed by atoms with E-state index < -0.39 is 0 Å². The highest BCUT2D eigenvalue weighted by atomic mass is 35.5. The Morgan fingerprint density at radius 2 is 1.94 bits per heavy atom. The van der Waals surface area contributed by atoms with E-state index in [-0.39, 0.29) is 0 Å². The summed E-state index contributed by atoms with van der Waals surface area (Å²) < 4.78 is 17.0. The Morgan fingerprint density at radius 3 is 2.75 bits per heavy atom. The SMILES string of the molecule is COc1ccc([C@@H]2CN3CCC[C@H]3c3cc(OCCCN4CCOCC4)ccc32)cc1Cl. The van der Waals surface area contributed by atoms with Crippen LogP contribution in [-0.4, -0.2) is 69.5 Å². The minimum absolute atomic E-state index is 0.318. The fraction of sp³-hybridized carbons (Fsp3) is 0.538. The van der Waals surface area contributed by atoms with Crippen molar-refractivity contribution in [3.8, 4) is 11.5 Å². The van der Waals surface area contributed by atoms with E-state index in [0.717, 1.165) is 70.5 Å². The zero-order valence-electron chi connectivity index (χ0n) is 18.9. The summed E-state index contributed by atoms with van der Waals surface area (Å²) in [5.74, 6) is 2.04. The number of hydrogen-bond acceptors (Lipinski definition) is 5. The Labute approximate surface area is 196 Å². The molecule has 2 saturated heterocycles. The predicted octanol–water partition coefficient (Wildman–Crippen LogP) is 4.73. The van der Waals surface area contributed by atoms with Crippen LogP contribution in [0.4, 0.5) is 0 Å². The van der Waals surface area contributed by atoms with Crippen molar-refractivity contribution < 1.29 is 14.2 Å². The number of nitrogens with zero attached hydrogens (tertiary/aromatic N) is 2. The molecular formula is C26H33ClN2O3. The number of halogens is 1. The maximum Gasteiger partial charge on any atom is 0.137 e. The van der Waals surface area contributed by atoms with Crippen LogP contribution in [0.2, 0.25) is 5.02 Å². The van der Waals surface area contributed by atoms with Gasteiger partial charge in [0.25, 0.3) is 0 Å². The van der Waals surface area contributed by atoms with Gasteiger partial charge in [-0.15, -0.1) is 0 Å². The van der Waals surface area contributed by atoms with Gasteiger partial charge in [-0.1, -0.05) is 23.7 Å². The molecule has 3 aliphatic rings. The number of fused-ring (bicyclic) bond motifs is 3. The van der Waals surface area contributed by atoms with E-state index in [0.29, 0.717) is 17.0 Å². The summed E-state index contributed by atoms with van der Waals surface area (Å²) in [4.78, 5) is 5.09. The van der Waals surface area contributed by atoms with Crippen LogP contribution in [0.3, 0.4) is 0 Å². The van der Waals surface area contributed by atoms with Gasteiger partial charge < -0.3 is 14.2 Å². The summed E-state index contributed by atoms with van der Waals surface area (Å²) in [6, 6.07) is 13.4. The second-order valence-electron chi connectivity index (χ2n) is 9.05. The van der Waals surface area contributed by atoms with E-state index in [2.05, 4.69) is 40.1 Å². The molecule has 6 heteroatoms. The molecule has 32 heavy (non-hydrogen) atoms. The molecule has 5 nitrogen and oxygen atoms in total. The molecule has 0 N–H and O–H groups in total. The molecule has 0 amide bonds. The molecule has 0 aliphatic carbocycles. The lowest BCUT2D eigenvalue weighted by Crippen LogP contribution is -2.37. The van der Waals surface area contributed by atoms with Crippen molar-refractivity contribution in [2.24, 2.45) is 0 Å². The summed E-state index contributed by atoms with van der Waals surface area (Å²) in [7, 11) is 1.66. The van der Waals surface area contributed by atoms with Gasteiger partial charge >= 0.3 is 0 Å². The Morgan fingerprint density at radius 1 is 1.06 bits per heavy atom. The molecule has 2 aromatic carbocycles. The molecule has 0 aromatic heterocycles. The first-order valence-corrected chi connectivity index (χ1v) is 12.2. The third kappa shape index (κ3) is 4.62. The van der Waals surface area contributed by atoms with E-state index in [1.54, 1.807) is 7.11 Å².